The third kappa shape index (κ3) is 16.9. The first kappa shape index (κ1) is 19.9. The molecule has 21 heavy (non-hydrogen) atoms. The SMILES string of the molecule is CCCCCCCCCC=CC=CCCCCC(=O)OC. The van der Waals surface area contributed by atoms with Gasteiger partial charge in [-0.3, -0.25) is 4.79 Å². The second-order valence-corrected chi connectivity index (χ2v) is 5.59. The van der Waals surface area contributed by atoms with E-state index in [1.54, 1.807) is 0 Å². The number of esters is 1. The zero-order valence-electron chi connectivity index (χ0n) is 14.1. The van der Waals surface area contributed by atoms with Crippen LogP contribution in [0.25, 0.3) is 0 Å². The Morgan fingerprint density at radius 1 is 0.810 bits per heavy atom. The molecule has 0 bridgehead atoms. The molecule has 0 rings (SSSR count). The number of unbranched alkanes of at least 4 members (excludes halogenated alkanes) is 9. The van der Waals surface area contributed by atoms with Gasteiger partial charge in [-0.25, -0.2) is 0 Å². The summed E-state index contributed by atoms with van der Waals surface area (Å²) < 4.78 is 4.60. The van der Waals surface area contributed by atoms with Crippen molar-refractivity contribution in [3.05, 3.63) is 24.3 Å². The number of rotatable bonds is 14. The van der Waals surface area contributed by atoms with Crippen LogP contribution in [-0.2, 0) is 9.53 Å². The van der Waals surface area contributed by atoms with Crippen LogP contribution in [0.1, 0.15) is 84.0 Å². The Bertz CT molecular complexity index is 279. The predicted molar refractivity (Wildman–Crippen MR) is 91.4 cm³/mol. The first-order valence-electron chi connectivity index (χ1n) is 8.69. The molecule has 2 nitrogen and oxygen atoms in total. The topological polar surface area (TPSA) is 26.3 Å². The van der Waals surface area contributed by atoms with Gasteiger partial charge < -0.3 is 4.74 Å². The minimum absolute atomic E-state index is 0.103. The predicted octanol–water partition coefficient (Wildman–Crippen LogP) is 5.97. The van der Waals surface area contributed by atoms with Crippen LogP contribution in [0.15, 0.2) is 24.3 Å². The monoisotopic (exact) mass is 294 g/mol. The van der Waals surface area contributed by atoms with E-state index in [9.17, 15) is 4.79 Å². The summed E-state index contributed by atoms with van der Waals surface area (Å²) in [6, 6.07) is 0. The van der Waals surface area contributed by atoms with E-state index in [1.165, 1.54) is 58.5 Å². The minimum atomic E-state index is -0.103. The molecule has 0 aliphatic heterocycles. The average molecular weight is 294 g/mol. The zero-order chi connectivity index (χ0) is 15.6. The zero-order valence-corrected chi connectivity index (χ0v) is 14.1. The van der Waals surface area contributed by atoms with Crippen molar-refractivity contribution >= 4 is 5.97 Å². The fourth-order valence-electron chi connectivity index (χ4n) is 2.20. The van der Waals surface area contributed by atoms with Crippen LogP contribution in [0.4, 0.5) is 0 Å². The van der Waals surface area contributed by atoms with Crippen LogP contribution >= 0.6 is 0 Å². The normalized spacial score (nSPS) is 11.5. The Labute approximate surface area is 131 Å². The van der Waals surface area contributed by atoms with E-state index in [1.807, 2.05) is 0 Å². The molecule has 0 unspecified atom stereocenters. The first-order chi connectivity index (χ1) is 10.3. The standard InChI is InChI=1S/C19H34O2/c1-3-4-5-6-7-8-9-10-11-12-13-14-15-16-17-18-19(20)21-2/h11-14H,3-10,15-18H2,1-2H3. The third-order valence-electron chi connectivity index (χ3n) is 3.59. The summed E-state index contributed by atoms with van der Waals surface area (Å²) in [6.07, 6.45) is 23.1. The molecule has 0 amide bonds. The summed E-state index contributed by atoms with van der Waals surface area (Å²) in [5.74, 6) is -0.103. The number of carbonyl (C=O) groups excluding carboxylic acids is 1. The molecule has 0 spiro atoms. The molecule has 0 aromatic carbocycles. The molecule has 0 aliphatic rings. The van der Waals surface area contributed by atoms with Crippen molar-refractivity contribution in [1.82, 2.24) is 0 Å². The summed E-state index contributed by atoms with van der Waals surface area (Å²) in [5.41, 5.74) is 0. The molecule has 0 atom stereocenters. The Balaban J connectivity index is 3.24. The van der Waals surface area contributed by atoms with Gasteiger partial charge in [0.2, 0.25) is 0 Å². The molecule has 0 saturated heterocycles. The van der Waals surface area contributed by atoms with Crippen molar-refractivity contribution in [3.8, 4) is 0 Å². The van der Waals surface area contributed by atoms with Crippen molar-refractivity contribution in [2.24, 2.45) is 0 Å². The Morgan fingerprint density at radius 3 is 1.90 bits per heavy atom. The molecule has 0 aromatic heterocycles. The van der Waals surface area contributed by atoms with Gasteiger partial charge in [-0.2, -0.15) is 0 Å². The molecule has 0 N–H and O–H groups in total. The van der Waals surface area contributed by atoms with Crippen molar-refractivity contribution in [2.75, 3.05) is 7.11 Å². The van der Waals surface area contributed by atoms with Gasteiger partial charge in [0.25, 0.3) is 0 Å². The lowest BCUT2D eigenvalue weighted by molar-refractivity contribution is -0.140. The molecule has 0 aliphatic carbocycles. The van der Waals surface area contributed by atoms with E-state index in [4.69, 9.17) is 0 Å². The number of hydrogen-bond donors (Lipinski definition) is 0. The van der Waals surface area contributed by atoms with Crippen LogP contribution in [-0.4, -0.2) is 13.1 Å². The van der Waals surface area contributed by atoms with Gasteiger partial charge in [0.05, 0.1) is 7.11 Å². The van der Waals surface area contributed by atoms with Crippen molar-refractivity contribution < 1.29 is 9.53 Å². The molecule has 0 fully saturated rings. The summed E-state index contributed by atoms with van der Waals surface area (Å²) in [7, 11) is 1.44. The van der Waals surface area contributed by atoms with Crippen molar-refractivity contribution in [3.63, 3.8) is 0 Å². The molecular formula is C19H34O2. The maximum Gasteiger partial charge on any atom is 0.305 e. The van der Waals surface area contributed by atoms with Crippen LogP contribution in [0.5, 0.6) is 0 Å². The molecule has 0 saturated carbocycles. The molecule has 0 radical (unpaired) electrons. The fraction of sp³-hybridized carbons (Fsp3) is 0.737. The highest BCUT2D eigenvalue weighted by Crippen LogP contribution is 2.08. The molecular weight excluding hydrogens is 260 g/mol. The van der Waals surface area contributed by atoms with Crippen molar-refractivity contribution in [2.45, 2.75) is 84.0 Å². The molecule has 0 aromatic rings. The second kappa shape index (κ2) is 17.0. The van der Waals surface area contributed by atoms with E-state index in [0.717, 1.165) is 19.3 Å². The lowest BCUT2D eigenvalue weighted by Gasteiger charge is -1.98. The van der Waals surface area contributed by atoms with Gasteiger partial charge in [-0.05, 0) is 32.1 Å². The minimum Gasteiger partial charge on any atom is -0.469 e. The Hall–Kier alpha value is -1.05. The van der Waals surface area contributed by atoms with E-state index >= 15 is 0 Å². The molecule has 122 valence electrons. The van der Waals surface area contributed by atoms with Gasteiger partial charge >= 0.3 is 5.97 Å². The van der Waals surface area contributed by atoms with Gasteiger partial charge in [0, 0.05) is 6.42 Å². The maximum atomic E-state index is 10.9. The van der Waals surface area contributed by atoms with E-state index in [-0.39, 0.29) is 5.97 Å². The highest BCUT2D eigenvalue weighted by Gasteiger charge is 1.97. The van der Waals surface area contributed by atoms with Crippen LogP contribution in [0.3, 0.4) is 0 Å². The number of allylic oxidation sites excluding steroid dienone is 4. The summed E-state index contributed by atoms with van der Waals surface area (Å²) in [4.78, 5) is 10.9. The summed E-state index contributed by atoms with van der Waals surface area (Å²) in [5, 5.41) is 0. The lowest BCUT2D eigenvalue weighted by Crippen LogP contribution is -1.98. The largest absolute Gasteiger partial charge is 0.469 e. The smallest absolute Gasteiger partial charge is 0.305 e. The maximum absolute atomic E-state index is 10.9. The van der Waals surface area contributed by atoms with Crippen LogP contribution in [0.2, 0.25) is 0 Å². The Kier molecular flexibility index (Phi) is 16.2. The molecule has 0 heterocycles. The average Bonchev–Trinajstić information content (AvgIpc) is 2.50. The fourth-order valence-corrected chi connectivity index (χ4v) is 2.20. The lowest BCUT2D eigenvalue weighted by atomic mass is 10.1. The van der Waals surface area contributed by atoms with Crippen LogP contribution in [0, 0.1) is 0 Å². The highest BCUT2D eigenvalue weighted by atomic mass is 16.5. The van der Waals surface area contributed by atoms with Gasteiger partial charge in [-0.1, -0.05) is 69.8 Å². The van der Waals surface area contributed by atoms with Gasteiger partial charge in [-0.15, -0.1) is 0 Å². The molecule has 2 heteroatoms. The quantitative estimate of drug-likeness (QED) is 0.224. The van der Waals surface area contributed by atoms with Crippen molar-refractivity contribution in [1.29, 1.82) is 0 Å². The Morgan fingerprint density at radius 2 is 1.33 bits per heavy atom. The number of methoxy groups -OCH3 is 1. The van der Waals surface area contributed by atoms with E-state index in [0.29, 0.717) is 6.42 Å². The number of carbonyl (C=O) groups is 1. The third-order valence-corrected chi connectivity index (χ3v) is 3.59. The number of hydrogen-bond acceptors (Lipinski definition) is 2. The highest BCUT2D eigenvalue weighted by molar-refractivity contribution is 5.68. The first-order valence-corrected chi connectivity index (χ1v) is 8.69. The number of ether oxygens (including phenoxy) is 1. The van der Waals surface area contributed by atoms with E-state index in [2.05, 4.69) is 36.0 Å². The second-order valence-electron chi connectivity index (χ2n) is 5.59. The van der Waals surface area contributed by atoms with Crippen LogP contribution < -0.4 is 0 Å². The summed E-state index contributed by atoms with van der Waals surface area (Å²) >= 11 is 0. The summed E-state index contributed by atoms with van der Waals surface area (Å²) in [6.45, 7) is 2.26. The van der Waals surface area contributed by atoms with Gasteiger partial charge in [0.1, 0.15) is 0 Å². The van der Waals surface area contributed by atoms with Gasteiger partial charge in [0.15, 0.2) is 0 Å². The van der Waals surface area contributed by atoms with E-state index < -0.39 is 0 Å².